The number of rotatable bonds is 7. The van der Waals surface area contributed by atoms with Crippen molar-refractivity contribution in [2.24, 2.45) is 5.41 Å². The fourth-order valence-electron chi connectivity index (χ4n) is 1.60. The van der Waals surface area contributed by atoms with Crippen molar-refractivity contribution in [1.82, 2.24) is 5.32 Å². The van der Waals surface area contributed by atoms with Gasteiger partial charge in [0.2, 0.25) is 0 Å². The van der Waals surface area contributed by atoms with Gasteiger partial charge in [-0.25, -0.2) is 4.79 Å². The van der Waals surface area contributed by atoms with Crippen LogP contribution in [0.2, 0.25) is 0 Å². The van der Waals surface area contributed by atoms with Crippen molar-refractivity contribution in [3.63, 3.8) is 0 Å². The molecule has 1 aliphatic carbocycles. The first kappa shape index (κ1) is 12.2. The summed E-state index contributed by atoms with van der Waals surface area (Å²) in [4.78, 5) is 10.9. The van der Waals surface area contributed by atoms with Gasteiger partial charge in [-0.2, -0.15) is 0 Å². The summed E-state index contributed by atoms with van der Waals surface area (Å²) in [7, 11) is 0. The van der Waals surface area contributed by atoms with Crippen molar-refractivity contribution in [3.8, 4) is 0 Å². The fourth-order valence-corrected chi connectivity index (χ4v) is 1.60. The highest BCUT2D eigenvalue weighted by Crippen LogP contribution is 2.47. The zero-order valence-corrected chi connectivity index (χ0v) is 9.71. The third-order valence-electron chi connectivity index (χ3n) is 3.01. The molecule has 86 valence electrons. The second-order valence-electron chi connectivity index (χ2n) is 4.14. The summed E-state index contributed by atoms with van der Waals surface area (Å²) in [5.41, 5.74) is 0.567. The zero-order chi connectivity index (χ0) is 11.1. The molecule has 3 heteroatoms. The molecular weight excluding hydrogens is 190 g/mol. The molecule has 1 rings (SSSR count). The van der Waals surface area contributed by atoms with E-state index in [-0.39, 0.29) is 5.97 Å². The van der Waals surface area contributed by atoms with Crippen molar-refractivity contribution < 1.29 is 9.53 Å². The van der Waals surface area contributed by atoms with Gasteiger partial charge in [-0.15, -0.1) is 0 Å². The van der Waals surface area contributed by atoms with E-state index in [9.17, 15) is 4.79 Å². The minimum Gasteiger partial charge on any atom is -0.463 e. The Morgan fingerprint density at radius 3 is 2.73 bits per heavy atom. The van der Waals surface area contributed by atoms with Crippen LogP contribution in [-0.4, -0.2) is 25.7 Å². The van der Waals surface area contributed by atoms with Crippen molar-refractivity contribution in [2.45, 2.75) is 33.1 Å². The monoisotopic (exact) mass is 211 g/mol. The van der Waals surface area contributed by atoms with Gasteiger partial charge in [0.25, 0.3) is 0 Å². The van der Waals surface area contributed by atoms with Crippen LogP contribution in [0.5, 0.6) is 0 Å². The molecule has 0 spiro atoms. The lowest BCUT2D eigenvalue weighted by Gasteiger charge is -2.11. The first-order chi connectivity index (χ1) is 7.22. The highest BCUT2D eigenvalue weighted by Gasteiger charge is 2.39. The van der Waals surface area contributed by atoms with Gasteiger partial charge in [0, 0.05) is 19.2 Å². The maximum absolute atomic E-state index is 10.9. The van der Waals surface area contributed by atoms with Crippen molar-refractivity contribution in [3.05, 3.63) is 12.2 Å². The average molecular weight is 211 g/mol. The minimum atomic E-state index is -0.254. The lowest BCUT2D eigenvalue weighted by Crippen LogP contribution is -2.23. The molecule has 0 amide bonds. The van der Waals surface area contributed by atoms with Gasteiger partial charge >= 0.3 is 5.97 Å². The Morgan fingerprint density at radius 2 is 2.20 bits per heavy atom. The maximum atomic E-state index is 10.9. The molecule has 0 aromatic carbocycles. The molecule has 1 fully saturated rings. The Kier molecular flexibility index (Phi) is 4.82. The molecule has 0 bridgehead atoms. The average Bonchev–Trinajstić information content (AvgIpc) is 2.99. The smallest absolute Gasteiger partial charge is 0.330 e. The second kappa shape index (κ2) is 5.91. The lowest BCUT2D eigenvalue weighted by atomic mass is 10.0. The van der Waals surface area contributed by atoms with Crippen LogP contribution in [0.3, 0.4) is 0 Å². The Balaban J connectivity index is 2.03. The number of hydrogen-bond acceptors (Lipinski definition) is 3. The summed E-state index contributed by atoms with van der Waals surface area (Å²) in [6, 6.07) is 0. The Labute approximate surface area is 91.9 Å². The molecule has 0 aliphatic heterocycles. The Morgan fingerprint density at radius 1 is 1.47 bits per heavy atom. The summed E-state index contributed by atoms with van der Waals surface area (Å²) in [5.74, 6) is -0.254. The van der Waals surface area contributed by atoms with Crippen LogP contribution in [0.1, 0.15) is 33.1 Å². The van der Waals surface area contributed by atoms with E-state index < -0.39 is 0 Å². The SMILES string of the molecule is CCOC(=O)/C=C/CNCC1(CC)CC1. The van der Waals surface area contributed by atoms with Crippen LogP contribution < -0.4 is 5.32 Å². The van der Waals surface area contributed by atoms with Gasteiger partial charge in [-0.1, -0.05) is 13.0 Å². The molecule has 0 atom stereocenters. The van der Waals surface area contributed by atoms with E-state index in [0.29, 0.717) is 12.0 Å². The minimum absolute atomic E-state index is 0.254. The summed E-state index contributed by atoms with van der Waals surface area (Å²) in [6.45, 7) is 6.30. The van der Waals surface area contributed by atoms with Crippen molar-refractivity contribution in [2.75, 3.05) is 19.7 Å². The van der Waals surface area contributed by atoms with Crippen molar-refractivity contribution >= 4 is 5.97 Å². The maximum Gasteiger partial charge on any atom is 0.330 e. The number of nitrogens with one attached hydrogen (secondary N) is 1. The first-order valence-corrected chi connectivity index (χ1v) is 5.76. The van der Waals surface area contributed by atoms with Gasteiger partial charge in [0.15, 0.2) is 0 Å². The summed E-state index contributed by atoms with van der Waals surface area (Å²) >= 11 is 0. The fraction of sp³-hybridized carbons (Fsp3) is 0.750. The van der Waals surface area contributed by atoms with Gasteiger partial charge in [-0.05, 0) is 31.6 Å². The molecule has 1 aliphatic rings. The lowest BCUT2D eigenvalue weighted by molar-refractivity contribution is -0.137. The first-order valence-electron chi connectivity index (χ1n) is 5.76. The van der Waals surface area contributed by atoms with E-state index in [0.717, 1.165) is 13.1 Å². The normalized spacial score (nSPS) is 18.0. The van der Waals surface area contributed by atoms with E-state index in [1.54, 1.807) is 0 Å². The van der Waals surface area contributed by atoms with Gasteiger partial charge in [0.05, 0.1) is 6.61 Å². The van der Waals surface area contributed by atoms with E-state index in [4.69, 9.17) is 4.74 Å². The third kappa shape index (κ3) is 4.47. The molecule has 1 saturated carbocycles. The Bertz CT molecular complexity index is 232. The zero-order valence-electron chi connectivity index (χ0n) is 9.71. The number of esters is 1. The van der Waals surface area contributed by atoms with E-state index >= 15 is 0 Å². The molecule has 0 saturated heterocycles. The van der Waals surface area contributed by atoms with E-state index in [1.165, 1.54) is 25.3 Å². The van der Waals surface area contributed by atoms with Crippen LogP contribution >= 0.6 is 0 Å². The molecule has 0 radical (unpaired) electrons. The summed E-state index contributed by atoms with van der Waals surface area (Å²) in [5, 5.41) is 3.34. The van der Waals surface area contributed by atoms with Crippen molar-refractivity contribution in [1.29, 1.82) is 0 Å². The van der Waals surface area contributed by atoms with E-state index in [1.807, 2.05) is 13.0 Å². The highest BCUT2D eigenvalue weighted by atomic mass is 16.5. The van der Waals surface area contributed by atoms with Crippen LogP contribution in [0, 0.1) is 5.41 Å². The topological polar surface area (TPSA) is 38.3 Å². The molecule has 3 nitrogen and oxygen atoms in total. The van der Waals surface area contributed by atoms with Gasteiger partial charge < -0.3 is 10.1 Å². The molecule has 1 N–H and O–H groups in total. The van der Waals surface area contributed by atoms with Gasteiger partial charge in [0.1, 0.15) is 0 Å². The van der Waals surface area contributed by atoms with Crippen LogP contribution in [0.4, 0.5) is 0 Å². The number of ether oxygens (including phenoxy) is 1. The van der Waals surface area contributed by atoms with Gasteiger partial charge in [-0.3, -0.25) is 0 Å². The predicted octanol–water partition coefficient (Wildman–Crippen LogP) is 1.89. The molecule has 0 aromatic heterocycles. The number of carbonyl (C=O) groups excluding carboxylic acids is 1. The molecule has 0 aromatic rings. The molecular formula is C12H21NO2. The van der Waals surface area contributed by atoms with Crippen LogP contribution in [0.15, 0.2) is 12.2 Å². The predicted molar refractivity (Wildman–Crippen MR) is 60.6 cm³/mol. The van der Waals surface area contributed by atoms with E-state index in [2.05, 4.69) is 12.2 Å². The molecule has 0 unspecified atom stereocenters. The second-order valence-corrected chi connectivity index (χ2v) is 4.14. The highest BCUT2D eigenvalue weighted by molar-refractivity contribution is 5.81. The Hall–Kier alpha value is -0.830. The number of carbonyl (C=O) groups is 1. The number of hydrogen-bond donors (Lipinski definition) is 1. The molecule has 15 heavy (non-hydrogen) atoms. The standard InChI is InChI=1S/C12H21NO2/c1-3-12(7-8-12)10-13-9-5-6-11(14)15-4-2/h5-6,13H,3-4,7-10H2,1-2H3/b6-5+. The quantitative estimate of drug-likeness (QED) is 0.397. The van der Waals surface area contributed by atoms with Crippen LogP contribution in [0.25, 0.3) is 0 Å². The molecule has 0 heterocycles. The summed E-state index contributed by atoms with van der Waals surface area (Å²) in [6.07, 6.45) is 7.25. The summed E-state index contributed by atoms with van der Waals surface area (Å²) < 4.78 is 4.77. The third-order valence-corrected chi connectivity index (χ3v) is 3.01. The largest absolute Gasteiger partial charge is 0.463 e. The van der Waals surface area contributed by atoms with Crippen LogP contribution in [-0.2, 0) is 9.53 Å².